The van der Waals surface area contributed by atoms with E-state index in [-0.39, 0.29) is 9.96 Å². The third-order valence-corrected chi connectivity index (χ3v) is 1.69. The molecular formula is C6H7F3N2O3. The molecule has 0 saturated carbocycles. The lowest BCUT2D eigenvalue weighted by atomic mass is 10.3. The number of carbonyl (C=O) groups excluding carboxylic acids is 1. The Kier molecular flexibility index (Phi) is 2.42. The molecule has 0 aromatic carbocycles. The van der Waals surface area contributed by atoms with Crippen LogP contribution in [0.4, 0.5) is 18.0 Å². The summed E-state index contributed by atoms with van der Waals surface area (Å²) in [5, 5.41) is 17.4. The van der Waals surface area contributed by atoms with Crippen LogP contribution in [0.25, 0.3) is 0 Å². The minimum absolute atomic E-state index is 0.199. The Balaban J connectivity index is 3.08. The standard InChI is InChI=1S/C6H7F3N2O3/c1-10-3(6(7,8)9)2-4(12)11(14)5(10)13/h2,4,12,14H,1H3. The van der Waals surface area contributed by atoms with Gasteiger partial charge >= 0.3 is 12.2 Å². The van der Waals surface area contributed by atoms with Crippen LogP contribution in [0, 0.1) is 0 Å². The molecule has 1 heterocycles. The molecule has 1 aliphatic rings. The molecule has 0 spiro atoms. The minimum atomic E-state index is -4.74. The fourth-order valence-electron chi connectivity index (χ4n) is 0.978. The third kappa shape index (κ3) is 1.66. The van der Waals surface area contributed by atoms with E-state index < -0.39 is 24.1 Å². The molecule has 8 heteroatoms. The third-order valence-electron chi connectivity index (χ3n) is 1.69. The van der Waals surface area contributed by atoms with Crippen molar-refractivity contribution in [1.29, 1.82) is 0 Å². The molecule has 1 atom stereocenters. The number of halogens is 3. The molecule has 14 heavy (non-hydrogen) atoms. The first-order chi connectivity index (χ1) is 6.25. The number of nitrogens with zero attached hydrogens (tertiary/aromatic N) is 2. The van der Waals surface area contributed by atoms with Crippen LogP contribution in [0.3, 0.4) is 0 Å². The van der Waals surface area contributed by atoms with E-state index in [0.717, 1.165) is 7.05 Å². The Hall–Kier alpha value is -1.28. The quantitative estimate of drug-likeness (QED) is 0.575. The number of carbonyl (C=O) groups is 1. The highest BCUT2D eigenvalue weighted by Crippen LogP contribution is 2.31. The SMILES string of the molecule is CN1C(=O)N(O)C(O)C=C1C(F)(F)F. The van der Waals surface area contributed by atoms with Crippen LogP contribution in [0.15, 0.2) is 11.8 Å². The average molecular weight is 212 g/mol. The first-order valence-electron chi connectivity index (χ1n) is 3.48. The molecule has 0 aliphatic carbocycles. The van der Waals surface area contributed by atoms with Gasteiger partial charge in [-0.3, -0.25) is 10.1 Å². The van der Waals surface area contributed by atoms with E-state index in [4.69, 9.17) is 10.3 Å². The second kappa shape index (κ2) is 3.14. The zero-order valence-electron chi connectivity index (χ0n) is 6.99. The summed E-state index contributed by atoms with van der Waals surface area (Å²) in [5.41, 5.74) is -1.31. The Bertz CT molecular complexity index is 289. The monoisotopic (exact) mass is 212 g/mol. The number of alkyl halides is 3. The Morgan fingerprint density at radius 1 is 1.50 bits per heavy atom. The first kappa shape index (κ1) is 10.8. The van der Waals surface area contributed by atoms with Gasteiger partial charge in [-0.2, -0.15) is 18.2 Å². The zero-order chi connectivity index (χ0) is 11.1. The molecule has 2 amide bonds. The van der Waals surface area contributed by atoms with Crippen LogP contribution in [-0.2, 0) is 0 Å². The van der Waals surface area contributed by atoms with Crippen molar-refractivity contribution in [2.24, 2.45) is 0 Å². The number of hydrogen-bond acceptors (Lipinski definition) is 3. The van der Waals surface area contributed by atoms with Crippen molar-refractivity contribution in [3.8, 4) is 0 Å². The number of rotatable bonds is 0. The predicted molar refractivity (Wildman–Crippen MR) is 36.9 cm³/mol. The summed E-state index contributed by atoms with van der Waals surface area (Å²) < 4.78 is 36.6. The van der Waals surface area contributed by atoms with E-state index in [9.17, 15) is 18.0 Å². The number of aliphatic hydroxyl groups is 1. The fraction of sp³-hybridized carbons (Fsp3) is 0.500. The lowest BCUT2D eigenvalue weighted by Gasteiger charge is -2.32. The Morgan fingerprint density at radius 3 is 2.43 bits per heavy atom. The van der Waals surface area contributed by atoms with Crippen LogP contribution in [0.2, 0.25) is 0 Å². The molecule has 0 saturated heterocycles. The van der Waals surface area contributed by atoms with Crippen molar-refractivity contribution < 1.29 is 28.3 Å². The van der Waals surface area contributed by atoms with Gasteiger partial charge in [-0.25, -0.2) is 4.79 Å². The van der Waals surface area contributed by atoms with E-state index in [2.05, 4.69) is 0 Å². The van der Waals surface area contributed by atoms with Gasteiger partial charge in [0.2, 0.25) is 0 Å². The molecule has 80 valence electrons. The summed E-state index contributed by atoms with van der Waals surface area (Å²) in [5.74, 6) is 0. The Morgan fingerprint density at radius 2 is 2.00 bits per heavy atom. The fourth-order valence-corrected chi connectivity index (χ4v) is 0.978. The van der Waals surface area contributed by atoms with Gasteiger partial charge in [0.25, 0.3) is 0 Å². The minimum Gasteiger partial charge on any atom is -0.368 e. The summed E-state index contributed by atoms with van der Waals surface area (Å²) in [4.78, 5) is 11.1. The molecule has 2 N–H and O–H groups in total. The number of amides is 2. The zero-order valence-corrected chi connectivity index (χ0v) is 6.99. The second-order valence-electron chi connectivity index (χ2n) is 2.65. The molecule has 1 rings (SSSR count). The largest absolute Gasteiger partial charge is 0.431 e. The number of hydrogen-bond donors (Lipinski definition) is 2. The van der Waals surface area contributed by atoms with Gasteiger partial charge in [-0.05, 0) is 6.08 Å². The van der Waals surface area contributed by atoms with E-state index in [1.807, 2.05) is 0 Å². The van der Waals surface area contributed by atoms with Crippen LogP contribution >= 0.6 is 0 Å². The van der Waals surface area contributed by atoms with Crippen molar-refractivity contribution in [2.45, 2.75) is 12.4 Å². The number of hydroxylamine groups is 2. The first-order valence-corrected chi connectivity index (χ1v) is 3.48. The van der Waals surface area contributed by atoms with Gasteiger partial charge in [0.15, 0.2) is 6.23 Å². The molecule has 1 unspecified atom stereocenters. The van der Waals surface area contributed by atoms with E-state index in [1.165, 1.54) is 0 Å². The lowest BCUT2D eigenvalue weighted by Crippen LogP contribution is -2.50. The van der Waals surface area contributed by atoms with E-state index in [0.29, 0.717) is 6.08 Å². The Labute approximate surface area is 76.6 Å². The summed E-state index contributed by atoms with van der Waals surface area (Å²) in [6.45, 7) is 0. The highest BCUT2D eigenvalue weighted by atomic mass is 19.4. The van der Waals surface area contributed by atoms with Gasteiger partial charge in [0.1, 0.15) is 5.70 Å². The maximum Gasteiger partial charge on any atom is 0.431 e. The van der Waals surface area contributed by atoms with Crippen molar-refractivity contribution in [1.82, 2.24) is 9.96 Å². The van der Waals surface area contributed by atoms with Crippen molar-refractivity contribution in [3.63, 3.8) is 0 Å². The highest BCUT2D eigenvalue weighted by molar-refractivity contribution is 5.76. The number of aliphatic hydroxyl groups excluding tert-OH is 1. The van der Waals surface area contributed by atoms with Gasteiger partial charge < -0.3 is 5.11 Å². The van der Waals surface area contributed by atoms with Crippen LogP contribution in [-0.4, -0.2) is 45.8 Å². The van der Waals surface area contributed by atoms with Gasteiger partial charge in [0, 0.05) is 7.05 Å². The van der Waals surface area contributed by atoms with Gasteiger partial charge in [-0.15, -0.1) is 0 Å². The summed E-state index contributed by atoms with van der Waals surface area (Å²) >= 11 is 0. The van der Waals surface area contributed by atoms with Crippen LogP contribution < -0.4 is 0 Å². The van der Waals surface area contributed by atoms with Gasteiger partial charge in [0.05, 0.1) is 0 Å². The van der Waals surface area contributed by atoms with E-state index >= 15 is 0 Å². The predicted octanol–water partition coefficient (Wildman–Crippen LogP) is 0.508. The molecule has 1 aliphatic heterocycles. The lowest BCUT2D eigenvalue weighted by molar-refractivity contribution is -0.160. The van der Waals surface area contributed by atoms with Gasteiger partial charge in [-0.1, -0.05) is 0 Å². The molecule has 0 fully saturated rings. The molecule has 0 aromatic heterocycles. The summed E-state index contributed by atoms with van der Waals surface area (Å²) in [6, 6.07) is -1.34. The van der Waals surface area contributed by atoms with E-state index in [1.54, 1.807) is 0 Å². The van der Waals surface area contributed by atoms with Crippen LogP contribution in [0.5, 0.6) is 0 Å². The van der Waals surface area contributed by atoms with Crippen molar-refractivity contribution >= 4 is 6.03 Å². The average Bonchev–Trinajstić information content (AvgIpc) is 2.06. The summed E-state index contributed by atoms with van der Waals surface area (Å²) in [7, 11) is 0.844. The maximum absolute atomic E-state index is 12.2. The maximum atomic E-state index is 12.2. The second-order valence-corrected chi connectivity index (χ2v) is 2.65. The molecule has 0 aromatic rings. The smallest absolute Gasteiger partial charge is 0.368 e. The summed E-state index contributed by atoms with van der Waals surface area (Å²) in [6.07, 6.45) is -6.39. The highest BCUT2D eigenvalue weighted by Gasteiger charge is 2.43. The van der Waals surface area contributed by atoms with Crippen molar-refractivity contribution in [2.75, 3.05) is 7.05 Å². The van der Waals surface area contributed by atoms with Crippen molar-refractivity contribution in [3.05, 3.63) is 11.8 Å². The molecule has 5 nitrogen and oxygen atoms in total. The number of urea groups is 1. The topological polar surface area (TPSA) is 64.0 Å². The molecular weight excluding hydrogens is 205 g/mol. The normalized spacial score (nSPS) is 24.0. The molecule has 0 radical (unpaired) electrons. The number of allylic oxidation sites excluding steroid dienone is 1. The molecule has 0 bridgehead atoms. The van der Waals surface area contributed by atoms with Crippen LogP contribution in [0.1, 0.15) is 0 Å².